The van der Waals surface area contributed by atoms with Crippen molar-refractivity contribution in [2.75, 3.05) is 38.2 Å². The fourth-order valence-corrected chi connectivity index (χ4v) is 4.43. The molecule has 1 aliphatic heterocycles. The summed E-state index contributed by atoms with van der Waals surface area (Å²) in [5.41, 5.74) is 0.0240. The average molecular weight is 406 g/mol. The lowest BCUT2D eigenvalue weighted by Crippen LogP contribution is -2.49. The van der Waals surface area contributed by atoms with Crippen molar-refractivity contribution in [3.63, 3.8) is 0 Å². The van der Waals surface area contributed by atoms with Crippen molar-refractivity contribution in [2.45, 2.75) is 4.90 Å². The summed E-state index contributed by atoms with van der Waals surface area (Å²) in [5.74, 6) is -0.0866. The van der Waals surface area contributed by atoms with Crippen molar-refractivity contribution in [2.24, 2.45) is 0 Å². The Balaban J connectivity index is 1.78. The fraction of sp³-hybridized carbons (Fsp3) is 0.294. The van der Waals surface area contributed by atoms with Gasteiger partial charge in [-0.15, -0.1) is 0 Å². The van der Waals surface area contributed by atoms with E-state index in [0.717, 1.165) is 6.07 Å². The highest BCUT2D eigenvalue weighted by atomic mass is 32.2. The van der Waals surface area contributed by atoms with Crippen molar-refractivity contribution >= 4 is 27.5 Å². The first kappa shape index (κ1) is 19.7. The first-order valence-corrected chi connectivity index (χ1v) is 9.81. The number of nitrogens with zero attached hydrogens (tertiary/aromatic N) is 4. The van der Waals surface area contributed by atoms with Crippen LogP contribution in [0.2, 0.25) is 0 Å². The van der Waals surface area contributed by atoms with Crippen LogP contribution in [0.3, 0.4) is 0 Å². The molecule has 28 heavy (non-hydrogen) atoms. The molecule has 148 valence electrons. The first-order chi connectivity index (χ1) is 13.3. The number of sulfonamides is 1. The van der Waals surface area contributed by atoms with E-state index in [2.05, 4.69) is 4.98 Å². The Morgan fingerprint density at radius 2 is 1.89 bits per heavy atom. The second-order valence-corrected chi connectivity index (χ2v) is 7.95. The summed E-state index contributed by atoms with van der Waals surface area (Å²) >= 11 is 0. The molecule has 2 heterocycles. The highest BCUT2D eigenvalue weighted by Crippen LogP contribution is 2.24. The number of aromatic nitrogens is 1. The fourth-order valence-electron chi connectivity index (χ4n) is 2.97. The van der Waals surface area contributed by atoms with Gasteiger partial charge in [-0.1, -0.05) is 6.07 Å². The molecule has 1 aromatic carbocycles. The van der Waals surface area contributed by atoms with E-state index in [1.54, 1.807) is 18.3 Å². The number of pyridine rings is 1. The van der Waals surface area contributed by atoms with Crippen LogP contribution in [0, 0.1) is 10.1 Å². The summed E-state index contributed by atoms with van der Waals surface area (Å²) in [6, 6.07) is 8.20. The molecule has 10 nitrogen and oxygen atoms in total. The summed E-state index contributed by atoms with van der Waals surface area (Å²) in [7, 11) is -2.58. The number of nitro groups is 1. The number of esters is 1. The lowest BCUT2D eigenvalue weighted by Gasteiger charge is -2.35. The van der Waals surface area contributed by atoms with Gasteiger partial charge < -0.3 is 9.64 Å². The first-order valence-electron chi connectivity index (χ1n) is 8.37. The van der Waals surface area contributed by atoms with Gasteiger partial charge in [0, 0.05) is 44.5 Å². The molecule has 1 aliphatic rings. The molecule has 11 heteroatoms. The maximum absolute atomic E-state index is 12.8. The summed E-state index contributed by atoms with van der Waals surface area (Å²) in [6.45, 7) is 0.939. The molecule has 0 radical (unpaired) electrons. The second kappa shape index (κ2) is 7.90. The molecule has 0 aliphatic carbocycles. The van der Waals surface area contributed by atoms with Crippen molar-refractivity contribution in [1.29, 1.82) is 0 Å². The van der Waals surface area contributed by atoms with Gasteiger partial charge in [0.05, 0.1) is 16.9 Å². The third kappa shape index (κ3) is 3.80. The van der Waals surface area contributed by atoms with Gasteiger partial charge in [0.15, 0.2) is 0 Å². The van der Waals surface area contributed by atoms with Crippen LogP contribution in [0.5, 0.6) is 0 Å². The van der Waals surface area contributed by atoms with Crippen LogP contribution in [-0.4, -0.2) is 61.9 Å². The zero-order valence-corrected chi connectivity index (χ0v) is 15.8. The van der Waals surface area contributed by atoms with E-state index in [-0.39, 0.29) is 23.7 Å². The largest absolute Gasteiger partial charge is 0.465 e. The molecule has 0 N–H and O–H groups in total. The smallest absolute Gasteiger partial charge is 0.341 e. The van der Waals surface area contributed by atoms with Gasteiger partial charge >= 0.3 is 5.97 Å². The van der Waals surface area contributed by atoms with E-state index >= 15 is 0 Å². The number of anilines is 1. The van der Waals surface area contributed by atoms with Crippen molar-refractivity contribution < 1.29 is 22.9 Å². The quantitative estimate of drug-likeness (QED) is 0.413. The molecule has 0 atom stereocenters. The van der Waals surface area contributed by atoms with E-state index in [9.17, 15) is 23.3 Å². The number of rotatable bonds is 5. The molecule has 0 amide bonds. The Kier molecular flexibility index (Phi) is 5.56. The Morgan fingerprint density at radius 1 is 1.18 bits per heavy atom. The summed E-state index contributed by atoms with van der Waals surface area (Å²) in [6.07, 6.45) is 1.55. The maximum atomic E-state index is 12.8. The van der Waals surface area contributed by atoms with Gasteiger partial charge in [0.25, 0.3) is 5.69 Å². The number of nitro benzene ring substituents is 1. The van der Waals surface area contributed by atoms with Gasteiger partial charge in [-0.2, -0.15) is 4.31 Å². The van der Waals surface area contributed by atoms with Gasteiger partial charge in [0.1, 0.15) is 11.4 Å². The Hall–Kier alpha value is -3.05. The average Bonchev–Trinajstić information content (AvgIpc) is 2.73. The molecule has 3 rings (SSSR count). The predicted molar refractivity (Wildman–Crippen MR) is 99.6 cm³/mol. The van der Waals surface area contributed by atoms with Crippen LogP contribution in [0.15, 0.2) is 47.5 Å². The third-order valence-electron chi connectivity index (χ3n) is 4.40. The van der Waals surface area contributed by atoms with Crippen LogP contribution < -0.4 is 4.90 Å². The molecule has 0 spiro atoms. The van der Waals surface area contributed by atoms with E-state index in [0.29, 0.717) is 24.5 Å². The minimum Gasteiger partial charge on any atom is -0.465 e. The molecular weight excluding hydrogens is 388 g/mol. The topological polar surface area (TPSA) is 123 Å². The highest BCUT2D eigenvalue weighted by molar-refractivity contribution is 7.89. The molecule has 2 aromatic rings. The van der Waals surface area contributed by atoms with Crippen LogP contribution in [0.1, 0.15) is 10.4 Å². The number of carbonyl (C=O) groups excluding carboxylic acids is 1. The van der Waals surface area contributed by atoms with Crippen LogP contribution >= 0.6 is 0 Å². The van der Waals surface area contributed by atoms with E-state index in [1.807, 2.05) is 4.90 Å². The number of non-ortho nitro benzene ring substituents is 1. The monoisotopic (exact) mass is 406 g/mol. The zero-order chi connectivity index (χ0) is 20.3. The lowest BCUT2D eigenvalue weighted by molar-refractivity contribution is -0.385. The van der Waals surface area contributed by atoms with E-state index in [1.165, 1.54) is 29.6 Å². The molecule has 0 saturated carbocycles. The van der Waals surface area contributed by atoms with Crippen molar-refractivity contribution in [3.8, 4) is 0 Å². The Morgan fingerprint density at radius 3 is 2.54 bits per heavy atom. The van der Waals surface area contributed by atoms with Gasteiger partial charge in [-0.25, -0.2) is 18.2 Å². The number of piperazine rings is 1. The van der Waals surface area contributed by atoms with Crippen LogP contribution in [-0.2, 0) is 14.8 Å². The van der Waals surface area contributed by atoms with Crippen LogP contribution in [0.25, 0.3) is 0 Å². The molecule has 1 fully saturated rings. The standard InChI is InChI=1S/C17H18N4O6S/c1-27-17(22)15-6-3-7-18-16(15)19-8-10-20(11-9-19)28(25,26)14-5-2-4-13(12-14)21(23)24/h2-7,12H,8-11H2,1H3. The summed E-state index contributed by atoms with van der Waals surface area (Å²) in [4.78, 5) is 28.1. The highest BCUT2D eigenvalue weighted by Gasteiger charge is 2.31. The van der Waals surface area contributed by atoms with Crippen LogP contribution in [0.4, 0.5) is 11.5 Å². The number of hydrogen-bond donors (Lipinski definition) is 0. The number of ether oxygens (including phenoxy) is 1. The summed E-state index contributed by atoms with van der Waals surface area (Å²) in [5, 5.41) is 10.9. The maximum Gasteiger partial charge on any atom is 0.341 e. The number of hydrogen-bond acceptors (Lipinski definition) is 8. The second-order valence-electron chi connectivity index (χ2n) is 6.01. The Labute approximate surface area is 161 Å². The molecule has 1 saturated heterocycles. The number of carbonyl (C=O) groups is 1. The van der Waals surface area contributed by atoms with Crippen molar-refractivity contribution in [3.05, 3.63) is 58.3 Å². The molecule has 0 bridgehead atoms. The van der Waals surface area contributed by atoms with Gasteiger partial charge in [-0.3, -0.25) is 10.1 Å². The lowest BCUT2D eigenvalue weighted by atomic mass is 10.2. The SMILES string of the molecule is COC(=O)c1cccnc1N1CCN(S(=O)(=O)c2cccc([N+](=O)[O-])c2)CC1. The number of methoxy groups -OCH3 is 1. The third-order valence-corrected chi connectivity index (χ3v) is 6.29. The molecule has 1 aromatic heterocycles. The van der Waals surface area contributed by atoms with Crippen molar-refractivity contribution in [1.82, 2.24) is 9.29 Å². The molecular formula is C17H18N4O6S. The minimum atomic E-state index is -3.86. The molecule has 0 unspecified atom stereocenters. The van der Waals surface area contributed by atoms with Gasteiger partial charge in [0.2, 0.25) is 10.0 Å². The van der Waals surface area contributed by atoms with Gasteiger partial charge in [-0.05, 0) is 18.2 Å². The predicted octanol–water partition coefficient (Wildman–Crippen LogP) is 1.29. The zero-order valence-electron chi connectivity index (χ0n) is 15.0. The Bertz CT molecular complexity index is 1000. The summed E-state index contributed by atoms with van der Waals surface area (Å²) < 4.78 is 31.7. The van der Waals surface area contributed by atoms with E-state index in [4.69, 9.17) is 4.74 Å². The minimum absolute atomic E-state index is 0.122. The van der Waals surface area contributed by atoms with E-state index < -0.39 is 20.9 Å². The number of benzene rings is 1. The normalized spacial score (nSPS) is 15.2.